The maximum atomic E-state index is 13.0. The second-order valence-corrected chi connectivity index (χ2v) is 7.45. The molecule has 1 heterocycles. The molecule has 0 saturated carbocycles. The Labute approximate surface area is 127 Å². The van der Waals surface area contributed by atoms with Gasteiger partial charge in [-0.15, -0.1) is 11.3 Å². The lowest BCUT2D eigenvalue weighted by molar-refractivity contribution is 0.223. The van der Waals surface area contributed by atoms with Gasteiger partial charge in [0.2, 0.25) is 0 Å². The van der Waals surface area contributed by atoms with Crippen LogP contribution in [0.2, 0.25) is 0 Å². The van der Waals surface area contributed by atoms with Crippen molar-refractivity contribution in [3.8, 4) is 0 Å². The van der Waals surface area contributed by atoms with Crippen LogP contribution in [0.15, 0.2) is 37.0 Å². The molecule has 0 spiro atoms. The number of rotatable bonds is 2. The number of halogens is 4. The van der Waals surface area contributed by atoms with E-state index in [-0.39, 0.29) is 5.82 Å². The van der Waals surface area contributed by atoms with Crippen LogP contribution >= 0.6 is 59.1 Å². The molecule has 0 amide bonds. The van der Waals surface area contributed by atoms with E-state index in [9.17, 15) is 9.50 Å². The molecule has 1 nitrogen and oxygen atoms in total. The van der Waals surface area contributed by atoms with Crippen molar-refractivity contribution in [3.63, 3.8) is 0 Å². The quantitative estimate of drug-likeness (QED) is 0.670. The highest BCUT2D eigenvalue weighted by Gasteiger charge is 2.17. The molecule has 17 heavy (non-hydrogen) atoms. The van der Waals surface area contributed by atoms with Crippen LogP contribution in [0.25, 0.3) is 0 Å². The second kappa shape index (κ2) is 5.48. The van der Waals surface area contributed by atoms with Gasteiger partial charge in [0.05, 0.1) is 3.79 Å². The predicted octanol–water partition coefficient (Wildman–Crippen LogP) is 5.26. The van der Waals surface area contributed by atoms with E-state index >= 15 is 0 Å². The van der Waals surface area contributed by atoms with Crippen LogP contribution in [-0.2, 0) is 0 Å². The first-order chi connectivity index (χ1) is 7.99. The minimum absolute atomic E-state index is 0.332. The van der Waals surface area contributed by atoms with Gasteiger partial charge in [0.25, 0.3) is 0 Å². The zero-order chi connectivity index (χ0) is 12.6. The molecule has 1 unspecified atom stereocenters. The van der Waals surface area contributed by atoms with Gasteiger partial charge in [-0.2, -0.15) is 0 Å². The zero-order valence-electron chi connectivity index (χ0n) is 8.25. The largest absolute Gasteiger partial charge is 0.383 e. The summed E-state index contributed by atoms with van der Waals surface area (Å²) < 4.78 is 15.3. The second-order valence-electron chi connectivity index (χ2n) is 3.34. The molecular formula is C11H6Br3FOS. The molecule has 0 aliphatic heterocycles. The van der Waals surface area contributed by atoms with E-state index in [2.05, 4.69) is 47.8 Å². The van der Waals surface area contributed by atoms with Gasteiger partial charge in [0, 0.05) is 19.4 Å². The van der Waals surface area contributed by atoms with E-state index in [4.69, 9.17) is 0 Å². The minimum Gasteiger partial charge on any atom is -0.383 e. The van der Waals surface area contributed by atoms with Gasteiger partial charge in [0.1, 0.15) is 11.9 Å². The first-order valence-corrected chi connectivity index (χ1v) is 7.76. The lowest BCUT2D eigenvalue weighted by atomic mass is 10.1. The fourth-order valence-corrected chi connectivity index (χ4v) is 4.04. The van der Waals surface area contributed by atoms with Gasteiger partial charge in [-0.25, -0.2) is 4.39 Å². The van der Waals surface area contributed by atoms with Gasteiger partial charge in [0.15, 0.2) is 0 Å². The van der Waals surface area contributed by atoms with E-state index in [1.165, 1.54) is 23.5 Å². The monoisotopic (exact) mass is 442 g/mol. The SMILES string of the molecule is OC(c1cc(Br)c(Br)s1)c1ccc(F)cc1Br. The number of hydrogen-bond donors (Lipinski definition) is 1. The molecule has 2 aromatic rings. The van der Waals surface area contributed by atoms with Crippen molar-refractivity contribution in [2.45, 2.75) is 6.10 Å². The summed E-state index contributed by atoms with van der Waals surface area (Å²) in [5, 5.41) is 10.2. The van der Waals surface area contributed by atoms with E-state index in [1.54, 1.807) is 6.07 Å². The summed E-state index contributed by atoms with van der Waals surface area (Å²) in [6, 6.07) is 6.10. The first-order valence-electron chi connectivity index (χ1n) is 4.57. The van der Waals surface area contributed by atoms with E-state index in [0.717, 1.165) is 13.1 Å². The number of aliphatic hydroxyl groups excluding tert-OH is 1. The number of benzene rings is 1. The molecule has 0 saturated heterocycles. The van der Waals surface area contributed by atoms with Crippen molar-refractivity contribution in [2.75, 3.05) is 0 Å². The molecule has 0 radical (unpaired) electrons. The Morgan fingerprint density at radius 3 is 2.35 bits per heavy atom. The highest BCUT2D eigenvalue weighted by molar-refractivity contribution is 9.13. The Morgan fingerprint density at radius 2 is 1.82 bits per heavy atom. The molecule has 90 valence electrons. The van der Waals surface area contributed by atoms with Crippen molar-refractivity contribution >= 4 is 59.1 Å². The third kappa shape index (κ3) is 2.98. The summed E-state index contributed by atoms with van der Waals surface area (Å²) in [7, 11) is 0. The normalized spacial score (nSPS) is 12.8. The van der Waals surface area contributed by atoms with Gasteiger partial charge in [-0.1, -0.05) is 22.0 Å². The predicted molar refractivity (Wildman–Crippen MR) is 77.9 cm³/mol. The molecule has 0 aliphatic carbocycles. The molecule has 0 bridgehead atoms. The molecular weight excluding hydrogens is 439 g/mol. The number of aliphatic hydroxyl groups is 1. The Hall–Kier alpha value is 0.250. The van der Waals surface area contributed by atoms with Gasteiger partial charge >= 0.3 is 0 Å². The van der Waals surface area contributed by atoms with Crippen LogP contribution in [0.5, 0.6) is 0 Å². The third-order valence-electron chi connectivity index (χ3n) is 2.19. The zero-order valence-corrected chi connectivity index (χ0v) is 13.8. The fourth-order valence-electron chi connectivity index (χ4n) is 1.37. The van der Waals surface area contributed by atoms with Crippen molar-refractivity contribution in [1.29, 1.82) is 0 Å². The smallest absolute Gasteiger partial charge is 0.124 e. The number of thiophene rings is 1. The molecule has 6 heteroatoms. The van der Waals surface area contributed by atoms with Crippen molar-refractivity contribution in [2.24, 2.45) is 0 Å². The fraction of sp³-hybridized carbons (Fsp3) is 0.0909. The van der Waals surface area contributed by atoms with Crippen molar-refractivity contribution in [1.82, 2.24) is 0 Å². The summed E-state index contributed by atoms with van der Waals surface area (Å²) in [6.45, 7) is 0. The summed E-state index contributed by atoms with van der Waals surface area (Å²) >= 11 is 11.4. The molecule has 1 aromatic carbocycles. The summed E-state index contributed by atoms with van der Waals surface area (Å²) in [5.41, 5.74) is 0.646. The highest BCUT2D eigenvalue weighted by Crippen LogP contribution is 2.39. The first kappa shape index (κ1) is 13.7. The topological polar surface area (TPSA) is 20.2 Å². The van der Waals surface area contributed by atoms with Gasteiger partial charge < -0.3 is 5.11 Å². The summed E-state index contributed by atoms with van der Waals surface area (Å²) in [6.07, 6.45) is -0.766. The average molecular weight is 445 g/mol. The maximum absolute atomic E-state index is 13.0. The Morgan fingerprint density at radius 1 is 1.12 bits per heavy atom. The van der Waals surface area contributed by atoms with E-state index in [1.807, 2.05) is 6.07 Å². The van der Waals surface area contributed by atoms with Gasteiger partial charge in [-0.05, 0) is 50.1 Å². The van der Waals surface area contributed by atoms with Crippen LogP contribution in [-0.4, -0.2) is 5.11 Å². The standard InChI is InChI=1S/C11H6Br3FOS/c12-7-3-5(15)1-2-6(7)10(16)9-4-8(13)11(14)17-9/h1-4,10,16H. The molecule has 1 atom stereocenters. The molecule has 0 aliphatic rings. The molecule has 1 N–H and O–H groups in total. The average Bonchev–Trinajstić information content (AvgIpc) is 2.58. The van der Waals surface area contributed by atoms with Crippen LogP contribution in [0.4, 0.5) is 4.39 Å². The lowest BCUT2D eigenvalue weighted by Crippen LogP contribution is -1.98. The van der Waals surface area contributed by atoms with Crippen molar-refractivity contribution in [3.05, 3.63) is 53.3 Å². The highest BCUT2D eigenvalue weighted by atomic mass is 79.9. The molecule has 2 rings (SSSR count). The Bertz CT molecular complexity index is 536. The van der Waals surface area contributed by atoms with Crippen LogP contribution in [0.1, 0.15) is 16.5 Å². The maximum Gasteiger partial charge on any atom is 0.124 e. The Kier molecular flexibility index (Phi) is 4.41. The van der Waals surface area contributed by atoms with E-state index in [0.29, 0.717) is 10.0 Å². The lowest BCUT2D eigenvalue weighted by Gasteiger charge is -2.10. The Balaban J connectivity index is 2.39. The molecule has 0 fully saturated rings. The molecule has 1 aromatic heterocycles. The summed E-state index contributed by atoms with van der Waals surface area (Å²) in [5.74, 6) is -0.332. The number of hydrogen-bond acceptors (Lipinski definition) is 2. The van der Waals surface area contributed by atoms with Crippen LogP contribution < -0.4 is 0 Å². The van der Waals surface area contributed by atoms with Crippen LogP contribution in [0.3, 0.4) is 0 Å². The van der Waals surface area contributed by atoms with E-state index < -0.39 is 6.10 Å². The third-order valence-corrected chi connectivity index (χ3v) is 6.19. The van der Waals surface area contributed by atoms with Crippen molar-refractivity contribution < 1.29 is 9.50 Å². The van der Waals surface area contributed by atoms with Gasteiger partial charge in [-0.3, -0.25) is 0 Å². The summed E-state index contributed by atoms with van der Waals surface area (Å²) in [4.78, 5) is 0.788. The van der Waals surface area contributed by atoms with Crippen LogP contribution in [0, 0.1) is 5.82 Å². The minimum atomic E-state index is -0.766.